The van der Waals surface area contributed by atoms with Crippen LogP contribution in [0.3, 0.4) is 0 Å². The summed E-state index contributed by atoms with van der Waals surface area (Å²) < 4.78 is 0. The standard InChI is InChI=1S/C16H26N2O/c1-4-6-9-12-18(3)13-16(19)17-15-11-8-7-10-14(15)5-2/h7-8,10-11H,4-6,9,12-13H2,1-3H3,(H,17,19). The molecular weight excluding hydrogens is 236 g/mol. The third-order valence-electron chi connectivity index (χ3n) is 3.23. The molecule has 0 saturated carbocycles. The van der Waals surface area contributed by atoms with Gasteiger partial charge in [0, 0.05) is 5.69 Å². The van der Waals surface area contributed by atoms with Crippen LogP contribution in [0.1, 0.15) is 38.7 Å². The lowest BCUT2D eigenvalue weighted by molar-refractivity contribution is -0.117. The molecule has 0 aliphatic carbocycles. The maximum absolute atomic E-state index is 12.0. The summed E-state index contributed by atoms with van der Waals surface area (Å²) in [5.74, 6) is 0.0694. The number of carbonyl (C=O) groups excluding carboxylic acids is 1. The van der Waals surface area contributed by atoms with Crippen molar-refractivity contribution in [3.05, 3.63) is 29.8 Å². The number of nitrogens with one attached hydrogen (secondary N) is 1. The normalized spacial score (nSPS) is 10.7. The smallest absolute Gasteiger partial charge is 0.238 e. The van der Waals surface area contributed by atoms with Crippen molar-refractivity contribution < 1.29 is 4.79 Å². The van der Waals surface area contributed by atoms with Gasteiger partial charge < -0.3 is 5.32 Å². The maximum atomic E-state index is 12.0. The van der Waals surface area contributed by atoms with Crippen LogP contribution in [-0.2, 0) is 11.2 Å². The average molecular weight is 262 g/mol. The Balaban J connectivity index is 2.42. The summed E-state index contributed by atoms with van der Waals surface area (Å²) in [4.78, 5) is 14.1. The lowest BCUT2D eigenvalue weighted by atomic mass is 10.1. The lowest BCUT2D eigenvalue weighted by Gasteiger charge is -2.16. The Morgan fingerprint density at radius 3 is 2.63 bits per heavy atom. The largest absolute Gasteiger partial charge is 0.325 e. The minimum atomic E-state index is 0.0694. The second kappa shape index (κ2) is 8.70. The monoisotopic (exact) mass is 262 g/mol. The summed E-state index contributed by atoms with van der Waals surface area (Å²) in [6.45, 7) is 5.73. The molecule has 1 aromatic rings. The third kappa shape index (κ3) is 5.88. The van der Waals surface area contributed by atoms with Gasteiger partial charge in [-0.05, 0) is 38.1 Å². The van der Waals surface area contributed by atoms with Crippen LogP contribution in [0.4, 0.5) is 5.69 Å². The van der Waals surface area contributed by atoms with Gasteiger partial charge in [0.15, 0.2) is 0 Å². The number of amides is 1. The van der Waals surface area contributed by atoms with Gasteiger partial charge in [-0.15, -0.1) is 0 Å². The van der Waals surface area contributed by atoms with Crippen LogP contribution in [-0.4, -0.2) is 30.9 Å². The Morgan fingerprint density at radius 2 is 1.95 bits per heavy atom. The van der Waals surface area contributed by atoms with E-state index in [1.54, 1.807) is 0 Å². The molecule has 0 saturated heterocycles. The minimum Gasteiger partial charge on any atom is -0.325 e. The van der Waals surface area contributed by atoms with Crippen molar-refractivity contribution in [1.29, 1.82) is 0 Å². The van der Waals surface area contributed by atoms with Gasteiger partial charge >= 0.3 is 0 Å². The van der Waals surface area contributed by atoms with Crippen molar-refractivity contribution in [2.75, 3.05) is 25.5 Å². The molecule has 0 bridgehead atoms. The minimum absolute atomic E-state index is 0.0694. The zero-order valence-electron chi connectivity index (χ0n) is 12.4. The molecule has 0 aliphatic heterocycles. The molecule has 3 heteroatoms. The zero-order valence-corrected chi connectivity index (χ0v) is 12.4. The number of anilines is 1. The molecule has 0 spiro atoms. The van der Waals surface area contributed by atoms with E-state index >= 15 is 0 Å². The Bertz CT molecular complexity index is 390. The number of rotatable bonds is 8. The second-order valence-electron chi connectivity index (χ2n) is 5.00. The third-order valence-corrected chi connectivity index (χ3v) is 3.23. The molecule has 106 valence electrons. The lowest BCUT2D eigenvalue weighted by Crippen LogP contribution is -2.31. The number of carbonyl (C=O) groups is 1. The topological polar surface area (TPSA) is 32.3 Å². The van der Waals surface area contributed by atoms with Gasteiger partial charge in [-0.3, -0.25) is 9.69 Å². The van der Waals surface area contributed by atoms with Crippen LogP contribution in [0.2, 0.25) is 0 Å². The molecule has 0 radical (unpaired) electrons. The maximum Gasteiger partial charge on any atom is 0.238 e. The molecule has 3 nitrogen and oxygen atoms in total. The van der Waals surface area contributed by atoms with Crippen molar-refractivity contribution in [1.82, 2.24) is 4.90 Å². The first-order valence-electron chi connectivity index (χ1n) is 7.23. The molecule has 0 heterocycles. The fourth-order valence-electron chi connectivity index (χ4n) is 2.10. The first kappa shape index (κ1) is 15.7. The Labute approximate surface area is 117 Å². The summed E-state index contributed by atoms with van der Waals surface area (Å²) in [6.07, 6.45) is 4.53. The molecule has 1 aromatic carbocycles. The molecule has 1 amide bonds. The fraction of sp³-hybridized carbons (Fsp3) is 0.562. The van der Waals surface area contributed by atoms with Crippen LogP contribution >= 0.6 is 0 Å². The molecule has 0 aliphatic rings. The van der Waals surface area contributed by atoms with E-state index in [4.69, 9.17) is 0 Å². The Morgan fingerprint density at radius 1 is 1.21 bits per heavy atom. The van der Waals surface area contributed by atoms with Crippen molar-refractivity contribution in [3.8, 4) is 0 Å². The van der Waals surface area contributed by atoms with Crippen LogP contribution in [0.25, 0.3) is 0 Å². The number of hydrogen-bond acceptors (Lipinski definition) is 2. The summed E-state index contributed by atoms with van der Waals surface area (Å²) in [6, 6.07) is 7.99. The Kier molecular flexibility index (Phi) is 7.19. The van der Waals surface area contributed by atoms with Crippen LogP contribution in [0.15, 0.2) is 24.3 Å². The quantitative estimate of drug-likeness (QED) is 0.729. The number of likely N-dealkylation sites (N-methyl/N-ethyl adjacent to an activating group) is 1. The van der Waals surface area contributed by atoms with Gasteiger partial charge in [0.25, 0.3) is 0 Å². The molecule has 19 heavy (non-hydrogen) atoms. The highest BCUT2D eigenvalue weighted by molar-refractivity contribution is 5.92. The molecule has 1 N–H and O–H groups in total. The average Bonchev–Trinajstić information content (AvgIpc) is 2.39. The van der Waals surface area contributed by atoms with E-state index in [1.807, 2.05) is 25.2 Å². The van der Waals surface area contributed by atoms with E-state index in [0.29, 0.717) is 6.54 Å². The first-order chi connectivity index (χ1) is 9.17. The number of para-hydroxylation sites is 1. The highest BCUT2D eigenvalue weighted by Gasteiger charge is 2.08. The van der Waals surface area contributed by atoms with Gasteiger partial charge in [-0.25, -0.2) is 0 Å². The van der Waals surface area contributed by atoms with E-state index in [2.05, 4.69) is 30.1 Å². The van der Waals surface area contributed by atoms with Crippen molar-refractivity contribution >= 4 is 11.6 Å². The molecule has 0 aromatic heterocycles. The highest BCUT2D eigenvalue weighted by atomic mass is 16.2. The van der Waals surface area contributed by atoms with E-state index in [0.717, 1.165) is 25.1 Å². The Hall–Kier alpha value is -1.35. The fourth-order valence-corrected chi connectivity index (χ4v) is 2.10. The SMILES string of the molecule is CCCCCN(C)CC(=O)Nc1ccccc1CC. The van der Waals surface area contributed by atoms with Crippen molar-refractivity contribution in [3.63, 3.8) is 0 Å². The first-order valence-corrected chi connectivity index (χ1v) is 7.23. The van der Waals surface area contributed by atoms with E-state index in [-0.39, 0.29) is 5.91 Å². The van der Waals surface area contributed by atoms with Gasteiger partial charge in [0.1, 0.15) is 0 Å². The van der Waals surface area contributed by atoms with Gasteiger partial charge in [-0.1, -0.05) is 44.9 Å². The summed E-state index contributed by atoms with van der Waals surface area (Å²) in [5.41, 5.74) is 2.13. The number of aryl methyl sites for hydroxylation is 1. The van der Waals surface area contributed by atoms with Crippen LogP contribution in [0, 0.1) is 0 Å². The van der Waals surface area contributed by atoms with E-state index < -0.39 is 0 Å². The molecule has 0 unspecified atom stereocenters. The summed E-state index contributed by atoms with van der Waals surface area (Å²) in [5, 5.41) is 3.00. The van der Waals surface area contributed by atoms with Crippen LogP contribution in [0.5, 0.6) is 0 Å². The van der Waals surface area contributed by atoms with Gasteiger partial charge in [0.05, 0.1) is 6.54 Å². The number of nitrogens with zero attached hydrogens (tertiary/aromatic N) is 1. The van der Waals surface area contributed by atoms with Crippen LogP contribution < -0.4 is 5.32 Å². The van der Waals surface area contributed by atoms with Gasteiger partial charge in [-0.2, -0.15) is 0 Å². The molecule has 0 fully saturated rings. The summed E-state index contributed by atoms with van der Waals surface area (Å²) in [7, 11) is 2.00. The van der Waals surface area contributed by atoms with Gasteiger partial charge in [0.2, 0.25) is 5.91 Å². The van der Waals surface area contributed by atoms with Crippen molar-refractivity contribution in [2.24, 2.45) is 0 Å². The molecule has 0 atom stereocenters. The zero-order chi connectivity index (χ0) is 14.1. The number of benzene rings is 1. The predicted molar refractivity (Wildman–Crippen MR) is 81.5 cm³/mol. The predicted octanol–water partition coefficient (Wildman–Crippen LogP) is 3.31. The summed E-state index contributed by atoms with van der Waals surface area (Å²) >= 11 is 0. The van der Waals surface area contributed by atoms with Crippen molar-refractivity contribution in [2.45, 2.75) is 39.5 Å². The highest BCUT2D eigenvalue weighted by Crippen LogP contribution is 2.15. The number of hydrogen-bond donors (Lipinski definition) is 1. The number of unbranched alkanes of at least 4 members (excludes halogenated alkanes) is 2. The second-order valence-corrected chi connectivity index (χ2v) is 5.00. The van der Waals surface area contributed by atoms with E-state index in [1.165, 1.54) is 18.4 Å². The molecular formula is C16H26N2O. The molecule has 1 rings (SSSR count). The van der Waals surface area contributed by atoms with E-state index in [9.17, 15) is 4.79 Å².